The number of nitrogens with zero attached hydrogens (tertiary/aromatic N) is 7. The highest BCUT2D eigenvalue weighted by atomic mass is 16.2. The first kappa shape index (κ1) is 22.8. The van der Waals surface area contributed by atoms with Crippen LogP contribution in [0, 0.1) is 0 Å². The number of fused-ring (bicyclic) bond motifs is 1. The Morgan fingerprint density at radius 1 is 1.03 bits per heavy atom. The molecule has 0 aliphatic carbocycles. The molecule has 1 amide bonds. The van der Waals surface area contributed by atoms with Gasteiger partial charge in [0.25, 0.3) is 0 Å². The largest absolute Gasteiger partial charge is 0.356 e. The van der Waals surface area contributed by atoms with Gasteiger partial charge in [0.05, 0.1) is 6.04 Å². The van der Waals surface area contributed by atoms with Gasteiger partial charge < -0.3 is 15.1 Å². The molecule has 4 rings (SSSR count). The van der Waals surface area contributed by atoms with E-state index in [0.29, 0.717) is 6.54 Å². The predicted octanol–water partition coefficient (Wildman–Crippen LogP) is -0.0249. The van der Waals surface area contributed by atoms with Crippen molar-refractivity contribution < 1.29 is 4.79 Å². The van der Waals surface area contributed by atoms with Crippen LogP contribution in [0.15, 0.2) is 9.79 Å². The first-order valence-corrected chi connectivity index (χ1v) is 12.2. The topological polar surface area (TPSA) is 91.0 Å². The third-order valence-corrected chi connectivity index (χ3v) is 7.01. The van der Waals surface area contributed by atoms with Gasteiger partial charge in [-0.1, -0.05) is 0 Å². The summed E-state index contributed by atoms with van der Waals surface area (Å²) in [5, 5.41) is 7.94. The molecule has 2 fully saturated rings. The molecular formula is C22H38N8O2. The van der Waals surface area contributed by atoms with Crippen molar-refractivity contribution in [3.05, 3.63) is 16.3 Å². The summed E-state index contributed by atoms with van der Waals surface area (Å²) in [5.41, 5.74) is 0.0257. The number of likely N-dealkylation sites (tertiary alicyclic amines) is 1. The van der Waals surface area contributed by atoms with Gasteiger partial charge in [-0.15, -0.1) is 0 Å². The van der Waals surface area contributed by atoms with E-state index in [9.17, 15) is 9.59 Å². The van der Waals surface area contributed by atoms with Gasteiger partial charge >= 0.3 is 5.69 Å². The molecule has 10 heteroatoms. The maximum absolute atomic E-state index is 12.7. The third kappa shape index (κ3) is 5.00. The van der Waals surface area contributed by atoms with E-state index in [1.54, 1.807) is 4.68 Å². The van der Waals surface area contributed by atoms with E-state index >= 15 is 0 Å². The van der Waals surface area contributed by atoms with Crippen LogP contribution < -0.4 is 11.0 Å². The molecule has 0 spiro atoms. The Kier molecular flexibility index (Phi) is 7.49. The highest BCUT2D eigenvalue weighted by Crippen LogP contribution is 2.14. The minimum atomic E-state index is -0.0516. The summed E-state index contributed by atoms with van der Waals surface area (Å²) >= 11 is 0. The van der Waals surface area contributed by atoms with Crippen molar-refractivity contribution in [3.8, 4) is 0 Å². The smallest absolute Gasteiger partial charge is 0.345 e. The van der Waals surface area contributed by atoms with Gasteiger partial charge in [-0.25, -0.2) is 9.48 Å². The Morgan fingerprint density at radius 2 is 1.75 bits per heavy atom. The number of amides is 1. The first-order valence-electron chi connectivity index (χ1n) is 12.2. The van der Waals surface area contributed by atoms with Crippen molar-refractivity contribution in [2.45, 2.75) is 64.6 Å². The Labute approximate surface area is 190 Å². The van der Waals surface area contributed by atoms with Crippen molar-refractivity contribution in [1.29, 1.82) is 0 Å². The molecular weight excluding hydrogens is 408 g/mol. The number of hydrogen-bond donors (Lipinski definition) is 1. The minimum absolute atomic E-state index is 0.0257. The number of aliphatic imine (C=N–C) groups is 1. The molecule has 178 valence electrons. The molecule has 0 saturated carbocycles. The van der Waals surface area contributed by atoms with E-state index in [2.05, 4.69) is 25.2 Å². The number of carbonyl (C=O) groups excluding carboxylic acids is 1. The quantitative estimate of drug-likeness (QED) is 0.375. The second-order valence-corrected chi connectivity index (χ2v) is 9.09. The fraction of sp³-hybridized carbons (Fsp3) is 0.818. The van der Waals surface area contributed by atoms with E-state index in [0.717, 1.165) is 103 Å². The zero-order valence-electron chi connectivity index (χ0n) is 19.6. The van der Waals surface area contributed by atoms with Crippen LogP contribution in [0.2, 0.25) is 0 Å². The SMILES string of the molecule is CN=C(NCCCn1nc2n(c1=O)CCCC2)N1CCN(C(C)C(=O)N2CCCC2)CC1. The van der Waals surface area contributed by atoms with Gasteiger partial charge in [0.2, 0.25) is 5.91 Å². The molecule has 1 N–H and O–H groups in total. The lowest BCUT2D eigenvalue weighted by atomic mass is 10.2. The maximum Gasteiger partial charge on any atom is 0.345 e. The Balaban J connectivity index is 1.20. The van der Waals surface area contributed by atoms with E-state index in [1.807, 2.05) is 23.4 Å². The molecule has 0 aromatic carbocycles. The van der Waals surface area contributed by atoms with Gasteiger partial charge in [0.15, 0.2) is 5.96 Å². The highest BCUT2D eigenvalue weighted by molar-refractivity contribution is 5.82. The van der Waals surface area contributed by atoms with E-state index in [-0.39, 0.29) is 17.6 Å². The summed E-state index contributed by atoms with van der Waals surface area (Å²) in [6.07, 6.45) is 6.16. The van der Waals surface area contributed by atoms with Crippen LogP contribution in [-0.4, -0.2) is 99.8 Å². The second kappa shape index (κ2) is 10.5. The molecule has 0 bridgehead atoms. The fourth-order valence-electron chi connectivity index (χ4n) is 5.03. The normalized spacial score (nSPS) is 21.0. The molecule has 1 unspecified atom stereocenters. The summed E-state index contributed by atoms with van der Waals surface area (Å²) in [4.78, 5) is 36.1. The zero-order valence-corrected chi connectivity index (χ0v) is 19.6. The van der Waals surface area contributed by atoms with Crippen LogP contribution in [0.3, 0.4) is 0 Å². The average Bonchev–Trinajstić information content (AvgIpc) is 3.47. The zero-order chi connectivity index (χ0) is 22.5. The number of carbonyl (C=O) groups is 1. The fourth-order valence-corrected chi connectivity index (χ4v) is 5.03. The van der Waals surface area contributed by atoms with Crippen molar-refractivity contribution in [2.24, 2.45) is 4.99 Å². The lowest BCUT2D eigenvalue weighted by Gasteiger charge is -2.39. The lowest BCUT2D eigenvalue weighted by molar-refractivity contribution is -0.135. The predicted molar refractivity (Wildman–Crippen MR) is 124 cm³/mol. The summed E-state index contributed by atoms with van der Waals surface area (Å²) in [6.45, 7) is 9.44. The van der Waals surface area contributed by atoms with Crippen LogP contribution in [0.5, 0.6) is 0 Å². The summed E-state index contributed by atoms with van der Waals surface area (Å²) in [5.74, 6) is 2.09. The second-order valence-electron chi connectivity index (χ2n) is 9.09. The number of aromatic nitrogens is 3. The molecule has 1 aromatic heterocycles. The summed E-state index contributed by atoms with van der Waals surface area (Å²) < 4.78 is 3.44. The van der Waals surface area contributed by atoms with Crippen molar-refractivity contribution in [2.75, 3.05) is 52.9 Å². The van der Waals surface area contributed by atoms with Gasteiger partial charge in [0.1, 0.15) is 5.82 Å². The molecule has 1 aromatic rings. The highest BCUT2D eigenvalue weighted by Gasteiger charge is 2.30. The van der Waals surface area contributed by atoms with Crippen LogP contribution >= 0.6 is 0 Å². The first-order chi connectivity index (χ1) is 15.6. The monoisotopic (exact) mass is 446 g/mol. The standard InChI is InChI=1S/C22H38N8O2/c1-18(20(31)27-10-5-6-11-27)26-14-16-28(17-15-26)21(23-2)24-9-7-13-30-22(32)29-12-4-3-8-19(29)25-30/h18H,3-17H2,1-2H3,(H,23,24). The van der Waals surface area contributed by atoms with Crippen LogP contribution in [0.25, 0.3) is 0 Å². The van der Waals surface area contributed by atoms with E-state index in [4.69, 9.17) is 0 Å². The molecule has 1 atom stereocenters. The van der Waals surface area contributed by atoms with Crippen molar-refractivity contribution >= 4 is 11.9 Å². The number of rotatable bonds is 6. The van der Waals surface area contributed by atoms with Crippen molar-refractivity contribution in [3.63, 3.8) is 0 Å². The molecule has 10 nitrogen and oxygen atoms in total. The molecule has 4 heterocycles. The maximum atomic E-state index is 12.7. The van der Waals surface area contributed by atoms with Crippen LogP contribution in [0.1, 0.15) is 44.9 Å². The number of nitrogens with one attached hydrogen (secondary N) is 1. The van der Waals surface area contributed by atoms with Crippen molar-refractivity contribution in [1.82, 2.24) is 34.4 Å². The van der Waals surface area contributed by atoms with Crippen LogP contribution in [0.4, 0.5) is 0 Å². The number of guanidine groups is 1. The number of hydrogen-bond acceptors (Lipinski definition) is 5. The molecule has 2 saturated heterocycles. The van der Waals surface area contributed by atoms with Gasteiger partial charge in [-0.2, -0.15) is 5.10 Å². The van der Waals surface area contributed by atoms with Gasteiger partial charge in [-0.05, 0) is 39.0 Å². The third-order valence-electron chi connectivity index (χ3n) is 7.01. The number of aryl methyl sites for hydroxylation is 2. The molecule has 0 radical (unpaired) electrons. The Bertz CT molecular complexity index is 862. The van der Waals surface area contributed by atoms with Gasteiger partial charge in [-0.3, -0.25) is 19.3 Å². The summed E-state index contributed by atoms with van der Waals surface area (Å²) in [7, 11) is 1.81. The number of piperazine rings is 1. The minimum Gasteiger partial charge on any atom is -0.356 e. The summed E-state index contributed by atoms with van der Waals surface area (Å²) in [6, 6.07) is -0.0516. The average molecular weight is 447 g/mol. The van der Waals surface area contributed by atoms with Gasteiger partial charge in [0, 0.05) is 72.4 Å². The molecule has 32 heavy (non-hydrogen) atoms. The van der Waals surface area contributed by atoms with Crippen LogP contribution in [-0.2, 0) is 24.3 Å². The Morgan fingerprint density at radius 3 is 2.44 bits per heavy atom. The van der Waals surface area contributed by atoms with E-state index < -0.39 is 0 Å². The molecule has 3 aliphatic heterocycles. The Hall–Kier alpha value is -2.36. The lowest BCUT2D eigenvalue weighted by Crippen LogP contribution is -2.57. The molecule has 3 aliphatic rings. The van der Waals surface area contributed by atoms with E-state index in [1.165, 1.54) is 0 Å².